The fourth-order valence-electron chi connectivity index (χ4n) is 2.42. The molecule has 25 heavy (non-hydrogen) atoms. The summed E-state index contributed by atoms with van der Waals surface area (Å²) >= 11 is 6.18. The second kappa shape index (κ2) is 6.82. The van der Waals surface area contributed by atoms with Crippen molar-refractivity contribution in [2.45, 2.75) is 0 Å². The van der Waals surface area contributed by atoms with Gasteiger partial charge in [0.1, 0.15) is 0 Å². The molecular formula is C17H14ClN3O4. The maximum absolute atomic E-state index is 12.6. The van der Waals surface area contributed by atoms with E-state index in [4.69, 9.17) is 21.1 Å². The number of carbonyl (C=O) groups excluding carboxylic acids is 1. The Hall–Kier alpha value is -3.06. The lowest BCUT2D eigenvalue weighted by Gasteiger charge is -2.12. The first-order valence-electron chi connectivity index (χ1n) is 7.25. The van der Waals surface area contributed by atoms with Gasteiger partial charge >= 0.3 is 0 Å². The molecule has 0 unspecified atom stereocenters. The van der Waals surface area contributed by atoms with Crippen LogP contribution in [-0.4, -0.2) is 30.3 Å². The van der Waals surface area contributed by atoms with Crippen molar-refractivity contribution in [1.29, 1.82) is 0 Å². The summed E-state index contributed by atoms with van der Waals surface area (Å²) in [6, 6.07) is 9.80. The first-order valence-corrected chi connectivity index (χ1v) is 7.63. The molecule has 3 rings (SSSR count). The average Bonchev–Trinajstić information content (AvgIpc) is 2.63. The maximum Gasteiger partial charge on any atom is 0.276 e. The predicted molar refractivity (Wildman–Crippen MR) is 94.9 cm³/mol. The molecule has 2 N–H and O–H groups in total. The number of nitrogens with one attached hydrogen (secondary N) is 2. The number of benzene rings is 2. The largest absolute Gasteiger partial charge is 0.493 e. The molecule has 7 nitrogen and oxygen atoms in total. The molecule has 8 heteroatoms. The van der Waals surface area contributed by atoms with Gasteiger partial charge in [0.15, 0.2) is 17.2 Å². The quantitative estimate of drug-likeness (QED) is 0.747. The number of aromatic nitrogens is 2. The number of anilines is 1. The van der Waals surface area contributed by atoms with E-state index in [2.05, 4.69) is 15.5 Å². The van der Waals surface area contributed by atoms with Crippen LogP contribution in [0.5, 0.6) is 11.5 Å². The molecule has 0 fully saturated rings. The summed E-state index contributed by atoms with van der Waals surface area (Å²) in [6.07, 6.45) is 0. The van der Waals surface area contributed by atoms with Crippen LogP contribution in [0.1, 0.15) is 10.5 Å². The number of rotatable bonds is 4. The molecule has 1 heterocycles. The Balaban J connectivity index is 2.01. The smallest absolute Gasteiger partial charge is 0.276 e. The fourth-order valence-corrected chi connectivity index (χ4v) is 2.62. The molecule has 0 bridgehead atoms. The van der Waals surface area contributed by atoms with E-state index >= 15 is 0 Å². The van der Waals surface area contributed by atoms with Gasteiger partial charge in [-0.1, -0.05) is 29.8 Å². The lowest BCUT2D eigenvalue weighted by atomic mass is 10.1. The van der Waals surface area contributed by atoms with Gasteiger partial charge < -0.3 is 14.8 Å². The molecule has 0 saturated heterocycles. The van der Waals surface area contributed by atoms with E-state index < -0.39 is 5.91 Å². The minimum atomic E-state index is -0.512. The molecule has 1 amide bonds. The van der Waals surface area contributed by atoms with Gasteiger partial charge in [-0.2, -0.15) is 5.10 Å². The molecular weight excluding hydrogens is 346 g/mol. The summed E-state index contributed by atoms with van der Waals surface area (Å²) in [5, 5.41) is 9.95. The number of hydrogen-bond acceptors (Lipinski definition) is 5. The van der Waals surface area contributed by atoms with Crippen LogP contribution in [0.25, 0.3) is 10.8 Å². The Morgan fingerprint density at radius 3 is 2.44 bits per heavy atom. The van der Waals surface area contributed by atoms with Gasteiger partial charge in [-0.3, -0.25) is 9.59 Å². The predicted octanol–water partition coefficient (Wildman–Crippen LogP) is 2.85. The SMILES string of the molecule is COc1cc(Cl)c(NC(=O)c2n[nH]c(=O)c3ccccc23)cc1OC. The van der Waals surface area contributed by atoms with Gasteiger partial charge in [0.2, 0.25) is 0 Å². The number of methoxy groups -OCH3 is 2. The molecule has 0 radical (unpaired) electrons. The van der Waals surface area contributed by atoms with E-state index in [0.717, 1.165) is 0 Å². The summed E-state index contributed by atoms with van der Waals surface area (Å²) in [6.45, 7) is 0. The monoisotopic (exact) mass is 359 g/mol. The topological polar surface area (TPSA) is 93.3 Å². The number of hydrogen-bond donors (Lipinski definition) is 2. The van der Waals surface area contributed by atoms with Crippen LogP contribution in [0.3, 0.4) is 0 Å². The van der Waals surface area contributed by atoms with Gasteiger partial charge in [0.25, 0.3) is 11.5 Å². The number of ether oxygens (including phenoxy) is 2. The molecule has 0 saturated carbocycles. The Labute approximate surface area is 147 Å². The first-order chi connectivity index (χ1) is 12.0. The van der Waals surface area contributed by atoms with E-state index in [1.807, 2.05) is 0 Å². The number of H-pyrrole nitrogens is 1. The number of halogens is 1. The third kappa shape index (κ3) is 3.14. The van der Waals surface area contributed by atoms with Gasteiger partial charge in [-0.15, -0.1) is 0 Å². The molecule has 0 atom stereocenters. The Kier molecular flexibility index (Phi) is 4.58. The van der Waals surface area contributed by atoms with Gasteiger partial charge in [-0.05, 0) is 6.07 Å². The minimum absolute atomic E-state index is 0.0843. The lowest BCUT2D eigenvalue weighted by Crippen LogP contribution is -2.19. The summed E-state index contributed by atoms with van der Waals surface area (Å²) in [5.41, 5.74) is 0.0544. The minimum Gasteiger partial charge on any atom is -0.493 e. The normalized spacial score (nSPS) is 10.5. The molecule has 1 aromatic heterocycles. The molecule has 0 aliphatic heterocycles. The van der Waals surface area contributed by atoms with Crippen LogP contribution in [0, 0.1) is 0 Å². The molecule has 0 aliphatic rings. The molecule has 128 valence electrons. The van der Waals surface area contributed by atoms with E-state index in [1.54, 1.807) is 30.3 Å². The van der Waals surface area contributed by atoms with E-state index in [9.17, 15) is 9.59 Å². The zero-order valence-corrected chi connectivity index (χ0v) is 14.2. The van der Waals surface area contributed by atoms with Crippen molar-refractivity contribution in [2.75, 3.05) is 19.5 Å². The Morgan fingerprint density at radius 2 is 1.76 bits per heavy atom. The van der Waals surface area contributed by atoms with Gasteiger partial charge in [0, 0.05) is 17.5 Å². The highest BCUT2D eigenvalue weighted by molar-refractivity contribution is 6.34. The van der Waals surface area contributed by atoms with E-state index in [1.165, 1.54) is 20.3 Å². The second-order valence-electron chi connectivity index (χ2n) is 5.09. The van der Waals surface area contributed by atoms with Crippen molar-refractivity contribution >= 4 is 34.0 Å². The summed E-state index contributed by atoms with van der Waals surface area (Å²) in [4.78, 5) is 24.4. The Bertz CT molecular complexity index is 1020. The van der Waals surface area contributed by atoms with Crippen molar-refractivity contribution in [3.8, 4) is 11.5 Å². The van der Waals surface area contributed by atoms with Gasteiger partial charge in [0.05, 0.1) is 30.3 Å². The number of nitrogens with zero attached hydrogens (tertiary/aromatic N) is 1. The fraction of sp³-hybridized carbons (Fsp3) is 0.118. The molecule has 2 aromatic carbocycles. The summed E-state index contributed by atoms with van der Waals surface area (Å²) in [5.74, 6) is 0.348. The van der Waals surface area contributed by atoms with Crippen LogP contribution in [0.2, 0.25) is 5.02 Å². The van der Waals surface area contributed by atoms with Crippen LogP contribution >= 0.6 is 11.6 Å². The van der Waals surface area contributed by atoms with Crippen molar-refractivity contribution < 1.29 is 14.3 Å². The first kappa shape index (κ1) is 16.8. The second-order valence-corrected chi connectivity index (χ2v) is 5.50. The van der Waals surface area contributed by atoms with E-state index in [0.29, 0.717) is 28.0 Å². The van der Waals surface area contributed by atoms with Crippen molar-refractivity contribution in [1.82, 2.24) is 10.2 Å². The molecule has 0 spiro atoms. The standard InChI is InChI=1S/C17H14ClN3O4/c1-24-13-7-11(18)12(8-14(13)25-2)19-17(23)15-9-5-3-4-6-10(9)16(22)21-20-15/h3-8H,1-2H3,(H,19,23)(H,21,22). The highest BCUT2D eigenvalue weighted by Gasteiger charge is 2.17. The van der Waals surface area contributed by atoms with Crippen LogP contribution in [0.4, 0.5) is 5.69 Å². The van der Waals surface area contributed by atoms with Crippen molar-refractivity contribution in [2.24, 2.45) is 0 Å². The van der Waals surface area contributed by atoms with E-state index in [-0.39, 0.29) is 16.3 Å². The lowest BCUT2D eigenvalue weighted by molar-refractivity contribution is 0.102. The molecule has 3 aromatic rings. The van der Waals surface area contributed by atoms with Crippen LogP contribution in [0.15, 0.2) is 41.2 Å². The number of amides is 1. The third-order valence-electron chi connectivity index (χ3n) is 3.63. The highest BCUT2D eigenvalue weighted by atomic mass is 35.5. The number of fused-ring (bicyclic) bond motifs is 1. The summed E-state index contributed by atoms with van der Waals surface area (Å²) in [7, 11) is 2.97. The van der Waals surface area contributed by atoms with Crippen molar-refractivity contribution in [3.05, 3.63) is 57.5 Å². The molecule has 0 aliphatic carbocycles. The third-order valence-corrected chi connectivity index (χ3v) is 3.95. The number of carbonyl (C=O) groups is 1. The maximum atomic E-state index is 12.6. The summed E-state index contributed by atoms with van der Waals surface area (Å²) < 4.78 is 10.4. The average molecular weight is 360 g/mol. The van der Waals surface area contributed by atoms with Crippen LogP contribution in [-0.2, 0) is 0 Å². The van der Waals surface area contributed by atoms with Crippen LogP contribution < -0.4 is 20.3 Å². The zero-order valence-electron chi connectivity index (χ0n) is 13.4. The zero-order chi connectivity index (χ0) is 18.0. The Morgan fingerprint density at radius 1 is 1.12 bits per heavy atom. The van der Waals surface area contributed by atoms with Gasteiger partial charge in [-0.25, -0.2) is 5.10 Å². The number of aromatic amines is 1. The van der Waals surface area contributed by atoms with Crippen molar-refractivity contribution in [3.63, 3.8) is 0 Å². The highest BCUT2D eigenvalue weighted by Crippen LogP contribution is 2.36.